The Morgan fingerprint density at radius 3 is 2.61 bits per heavy atom. The Morgan fingerprint density at radius 1 is 1.06 bits per heavy atom. The molecule has 2 heterocycles. The minimum Gasteiger partial charge on any atom is -0.806 e. The van der Waals surface area contributed by atoms with Crippen molar-refractivity contribution in [1.82, 2.24) is 9.71 Å². The molecule has 0 aliphatic carbocycles. The zero-order chi connectivity index (χ0) is 12.5. The maximum atomic E-state index is 12.3. The number of para-hydroxylation sites is 1. The van der Waals surface area contributed by atoms with Crippen LogP contribution in [0.1, 0.15) is 0 Å². The van der Waals surface area contributed by atoms with E-state index in [4.69, 9.17) is 0 Å². The molecule has 3 aromatic rings. The largest absolute Gasteiger partial charge is 0.806 e. The molecule has 0 bridgehead atoms. The molecule has 2 aromatic heterocycles. The highest BCUT2D eigenvalue weighted by Crippen LogP contribution is 2.17. The van der Waals surface area contributed by atoms with E-state index in [0.717, 1.165) is 0 Å². The third kappa shape index (κ3) is 1.55. The highest BCUT2D eigenvalue weighted by molar-refractivity contribution is 5.83. The SMILES string of the molecule is O=c1c(-c2ccccn2)cn([O-])c2ccccc12. The Kier molecular flexibility index (Phi) is 2.34. The summed E-state index contributed by atoms with van der Waals surface area (Å²) in [5.41, 5.74) is 1.04. The van der Waals surface area contributed by atoms with Crippen LogP contribution in [0.3, 0.4) is 0 Å². The van der Waals surface area contributed by atoms with Crippen LogP contribution in [0.2, 0.25) is 0 Å². The van der Waals surface area contributed by atoms with Gasteiger partial charge in [-0.15, -0.1) is 0 Å². The first-order valence-corrected chi connectivity index (χ1v) is 5.51. The predicted octanol–water partition coefficient (Wildman–Crippen LogP) is 2.41. The van der Waals surface area contributed by atoms with Crippen molar-refractivity contribution < 1.29 is 0 Å². The number of rotatable bonds is 1. The van der Waals surface area contributed by atoms with Gasteiger partial charge in [0.1, 0.15) is 0 Å². The minimum absolute atomic E-state index is 0.170. The Labute approximate surface area is 103 Å². The summed E-state index contributed by atoms with van der Waals surface area (Å²) in [6.07, 6.45) is 2.88. The van der Waals surface area contributed by atoms with Crippen LogP contribution in [0.25, 0.3) is 22.2 Å². The zero-order valence-corrected chi connectivity index (χ0v) is 9.41. The molecule has 0 radical (unpaired) electrons. The van der Waals surface area contributed by atoms with E-state index in [2.05, 4.69) is 4.98 Å². The Morgan fingerprint density at radius 2 is 1.83 bits per heavy atom. The van der Waals surface area contributed by atoms with Crippen LogP contribution in [0.5, 0.6) is 0 Å². The van der Waals surface area contributed by atoms with Crippen LogP contribution < -0.4 is 5.43 Å². The molecule has 1 aromatic carbocycles. The van der Waals surface area contributed by atoms with Gasteiger partial charge >= 0.3 is 0 Å². The number of hydrogen-bond donors (Lipinski definition) is 0. The van der Waals surface area contributed by atoms with E-state index in [1.54, 1.807) is 48.7 Å². The summed E-state index contributed by atoms with van der Waals surface area (Å²) >= 11 is 0. The topological polar surface area (TPSA) is 58.0 Å². The normalized spacial score (nSPS) is 10.7. The molecule has 3 rings (SSSR count). The lowest BCUT2D eigenvalue weighted by molar-refractivity contribution is 1.12. The van der Waals surface area contributed by atoms with Crippen molar-refractivity contribution >= 4 is 10.9 Å². The van der Waals surface area contributed by atoms with Crippen LogP contribution in [0.15, 0.2) is 59.7 Å². The molecule has 0 aliphatic heterocycles. The fourth-order valence-electron chi connectivity index (χ4n) is 1.95. The highest BCUT2D eigenvalue weighted by atomic mass is 16.5. The molecule has 4 heteroatoms. The van der Waals surface area contributed by atoms with Gasteiger partial charge in [0.15, 0.2) is 5.43 Å². The summed E-state index contributed by atoms with van der Waals surface area (Å²) in [5, 5.41) is 12.3. The van der Waals surface area contributed by atoms with E-state index in [0.29, 0.717) is 26.9 Å². The molecule has 0 atom stereocenters. The standard InChI is InChI=1S/C14H9N2O2/c17-14-10-5-1-2-7-13(10)16(18)9-11(14)12-6-3-4-8-15-12/h1-9H/q-1. The van der Waals surface area contributed by atoms with Crippen LogP contribution in [0, 0.1) is 5.21 Å². The molecule has 4 nitrogen and oxygen atoms in total. The first-order chi connectivity index (χ1) is 8.77. The van der Waals surface area contributed by atoms with Crippen molar-refractivity contribution in [2.45, 2.75) is 0 Å². The number of nitrogens with zero attached hydrogens (tertiary/aromatic N) is 2. The van der Waals surface area contributed by atoms with Gasteiger partial charge in [0, 0.05) is 23.3 Å². The second-order valence-corrected chi connectivity index (χ2v) is 3.93. The number of benzene rings is 1. The molecular formula is C14H9N2O2-. The number of aromatic nitrogens is 2. The van der Waals surface area contributed by atoms with Gasteiger partial charge in [-0.25, -0.2) is 0 Å². The van der Waals surface area contributed by atoms with E-state index in [9.17, 15) is 10.0 Å². The summed E-state index contributed by atoms with van der Waals surface area (Å²) in [6.45, 7) is 0. The fourth-order valence-corrected chi connectivity index (χ4v) is 1.95. The maximum Gasteiger partial charge on any atom is 0.198 e. The minimum atomic E-state index is -0.170. The summed E-state index contributed by atoms with van der Waals surface area (Å²) in [6, 6.07) is 12.0. The maximum absolute atomic E-state index is 12.3. The number of hydrogen-bond acceptors (Lipinski definition) is 3. The monoisotopic (exact) mass is 237 g/mol. The molecule has 0 unspecified atom stereocenters. The third-order valence-corrected chi connectivity index (χ3v) is 2.82. The van der Waals surface area contributed by atoms with Gasteiger partial charge in [-0.2, -0.15) is 0 Å². The highest BCUT2D eigenvalue weighted by Gasteiger charge is 2.08. The molecule has 0 spiro atoms. The van der Waals surface area contributed by atoms with E-state index in [1.807, 2.05) is 0 Å². The second kappa shape index (κ2) is 4.00. The molecule has 18 heavy (non-hydrogen) atoms. The summed E-state index contributed by atoms with van der Waals surface area (Å²) < 4.78 is 0.709. The van der Waals surface area contributed by atoms with Gasteiger partial charge in [0.2, 0.25) is 0 Å². The molecule has 0 saturated heterocycles. The Hall–Kier alpha value is -2.62. The van der Waals surface area contributed by atoms with Crippen LogP contribution >= 0.6 is 0 Å². The Balaban J connectivity index is 2.39. The van der Waals surface area contributed by atoms with Crippen LogP contribution in [-0.4, -0.2) is 9.71 Å². The van der Waals surface area contributed by atoms with Gasteiger partial charge in [0.05, 0.1) is 11.3 Å². The van der Waals surface area contributed by atoms with Gasteiger partial charge in [-0.3, -0.25) is 9.78 Å². The third-order valence-electron chi connectivity index (χ3n) is 2.82. The van der Waals surface area contributed by atoms with Gasteiger partial charge in [-0.1, -0.05) is 18.2 Å². The van der Waals surface area contributed by atoms with Crippen molar-refractivity contribution in [3.63, 3.8) is 0 Å². The lowest BCUT2D eigenvalue weighted by Gasteiger charge is -2.16. The first-order valence-electron chi connectivity index (χ1n) is 5.51. The van der Waals surface area contributed by atoms with Crippen molar-refractivity contribution in [3.8, 4) is 11.3 Å². The number of pyridine rings is 2. The molecule has 0 fully saturated rings. The van der Waals surface area contributed by atoms with E-state index in [1.165, 1.54) is 6.20 Å². The fraction of sp³-hybridized carbons (Fsp3) is 0. The molecule has 0 amide bonds. The molecular weight excluding hydrogens is 228 g/mol. The summed E-state index contributed by atoms with van der Waals surface area (Å²) in [5.74, 6) is 0. The first kappa shape index (κ1) is 10.5. The van der Waals surface area contributed by atoms with E-state index < -0.39 is 0 Å². The van der Waals surface area contributed by atoms with Gasteiger partial charge in [-0.05, 0) is 24.3 Å². The lowest BCUT2D eigenvalue weighted by Crippen LogP contribution is -2.10. The second-order valence-electron chi connectivity index (χ2n) is 3.93. The average Bonchev–Trinajstić information content (AvgIpc) is 2.44. The van der Waals surface area contributed by atoms with Gasteiger partial charge < -0.3 is 9.94 Å². The van der Waals surface area contributed by atoms with Crippen molar-refractivity contribution in [2.24, 2.45) is 0 Å². The smallest absolute Gasteiger partial charge is 0.198 e. The number of fused-ring (bicyclic) bond motifs is 1. The van der Waals surface area contributed by atoms with Crippen molar-refractivity contribution in [1.29, 1.82) is 0 Å². The predicted molar refractivity (Wildman–Crippen MR) is 70.2 cm³/mol. The van der Waals surface area contributed by atoms with Crippen molar-refractivity contribution in [3.05, 3.63) is 70.3 Å². The molecule has 0 aliphatic rings. The zero-order valence-electron chi connectivity index (χ0n) is 9.41. The molecule has 0 saturated carbocycles. The van der Waals surface area contributed by atoms with Crippen LogP contribution in [0.4, 0.5) is 0 Å². The van der Waals surface area contributed by atoms with Gasteiger partial charge in [0.25, 0.3) is 0 Å². The quantitative estimate of drug-likeness (QED) is 0.653. The van der Waals surface area contributed by atoms with Crippen molar-refractivity contribution in [2.75, 3.05) is 0 Å². The van der Waals surface area contributed by atoms with Crippen LogP contribution in [-0.2, 0) is 0 Å². The summed E-state index contributed by atoms with van der Waals surface area (Å²) in [4.78, 5) is 16.4. The molecule has 88 valence electrons. The van der Waals surface area contributed by atoms with E-state index >= 15 is 0 Å². The van der Waals surface area contributed by atoms with E-state index in [-0.39, 0.29) is 5.43 Å². The molecule has 0 N–H and O–H groups in total. The Bertz CT molecular complexity index is 764. The summed E-state index contributed by atoms with van der Waals surface area (Å²) in [7, 11) is 0. The lowest BCUT2D eigenvalue weighted by atomic mass is 10.1. The average molecular weight is 237 g/mol.